The number of hydrogen-bond acceptors (Lipinski definition) is 6. The van der Waals surface area contributed by atoms with E-state index in [0.29, 0.717) is 5.69 Å². The van der Waals surface area contributed by atoms with Crippen LogP contribution in [0.15, 0.2) is 89.5 Å². The van der Waals surface area contributed by atoms with Gasteiger partial charge in [0.15, 0.2) is 5.76 Å². The van der Waals surface area contributed by atoms with Crippen LogP contribution in [0.2, 0.25) is 0 Å². The predicted molar refractivity (Wildman–Crippen MR) is 150 cm³/mol. The summed E-state index contributed by atoms with van der Waals surface area (Å²) in [6.07, 6.45) is 1.31. The number of carbonyl (C=O) groups excluding carboxylic acids is 3. The Labute approximate surface area is 229 Å². The Morgan fingerprint density at radius 1 is 1.00 bits per heavy atom. The number of thiazole rings is 1. The van der Waals surface area contributed by atoms with Crippen molar-refractivity contribution < 1.29 is 18.8 Å². The Morgan fingerprint density at radius 2 is 1.74 bits per heavy atom. The van der Waals surface area contributed by atoms with Crippen molar-refractivity contribution >= 4 is 45.0 Å². The second-order valence-electron chi connectivity index (χ2n) is 9.72. The van der Waals surface area contributed by atoms with E-state index in [1.54, 1.807) is 35.6 Å². The summed E-state index contributed by atoms with van der Waals surface area (Å²) in [6.45, 7) is 4.21. The van der Waals surface area contributed by atoms with Crippen molar-refractivity contribution in [2.75, 3.05) is 4.90 Å². The molecule has 1 fully saturated rings. The van der Waals surface area contributed by atoms with Crippen molar-refractivity contribution in [1.82, 2.24) is 9.88 Å². The summed E-state index contributed by atoms with van der Waals surface area (Å²) in [5.41, 5.74) is 5.43. The highest BCUT2D eigenvalue weighted by Crippen LogP contribution is 2.33. The monoisotopic (exact) mass is 535 g/mol. The normalized spacial score (nSPS) is 15.3. The fraction of sp³-hybridized carbons (Fsp3) is 0.161. The van der Waals surface area contributed by atoms with Crippen molar-refractivity contribution in [2.24, 2.45) is 0 Å². The summed E-state index contributed by atoms with van der Waals surface area (Å²) in [6, 6.07) is 23.4. The van der Waals surface area contributed by atoms with Crippen LogP contribution in [0.5, 0.6) is 0 Å². The molecule has 2 aromatic heterocycles. The number of aryl methyl sites for hydroxylation is 2. The Morgan fingerprint density at radius 3 is 2.46 bits per heavy atom. The molecule has 0 aliphatic carbocycles. The average Bonchev–Trinajstić information content (AvgIpc) is 3.67. The molecule has 3 heterocycles. The van der Waals surface area contributed by atoms with Crippen molar-refractivity contribution in [3.8, 4) is 10.6 Å². The summed E-state index contributed by atoms with van der Waals surface area (Å²) in [7, 11) is 0. The van der Waals surface area contributed by atoms with E-state index in [9.17, 15) is 14.4 Å². The molecule has 0 bridgehead atoms. The largest absolute Gasteiger partial charge is 0.459 e. The van der Waals surface area contributed by atoms with E-state index in [2.05, 4.69) is 13.0 Å². The number of aromatic nitrogens is 1. The topological polar surface area (TPSA) is 83.7 Å². The first-order valence-electron chi connectivity index (χ1n) is 12.6. The summed E-state index contributed by atoms with van der Waals surface area (Å²) in [5, 5.41) is 0.868. The Balaban J connectivity index is 1.27. The van der Waals surface area contributed by atoms with Crippen LogP contribution in [-0.4, -0.2) is 33.6 Å². The fourth-order valence-corrected chi connectivity index (χ4v) is 5.86. The van der Waals surface area contributed by atoms with Crippen LogP contribution < -0.4 is 4.90 Å². The molecule has 3 aromatic carbocycles. The second-order valence-corrected chi connectivity index (χ2v) is 10.8. The molecule has 1 aliphatic rings. The molecule has 0 saturated carbocycles. The summed E-state index contributed by atoms with van der Waals surface area (Å²) in [5.74, 6) is -1.10. The smallest absolute Gasteiger partial charge is 0.290 e. The van der Waals surface area contributed by atoms with Gasteiger partial charge in [-0.2, -0.15) is 0 Å². The van der Waals surface area contributed by atoms with Gasteiger partial charge in [0.2, 0.25) is 5.91 Å². The van der Waals surface area contributed by atoms with Crippen molar-refractivity contribution in [1.29, 1.82) is 0 Å². The zero-order valence-electron chi connectivity index (χ0n) is 21.5. The maximum Gasteiger partial charge on any atom is 0.290 e. The molecule has 194 valence electrons. The number of fused-ring (bicyclic) bond motifs is 1. The highest BCUT2D eigenvalue weighted by molar-refractivity contribution is 7.21. The average molecular weight is 536 g/mol. The number of imide groups is 1. The molecule has 1 saturated heterocycles. The molecule has 1 atom stereocenters. The lowest BCUT2D eigenvalue weighted by molar-refractivity contribution is -0.122. The molecular formula is C31H25N3O4S. The summed E-state index contributed by atoms with van der Waals surface area (Å²) >= 11 is 1.60. The zero-order chi connectivity index (χ0) is 27.1. The third kappa shape index (κ3) is 4.75. The number of amides is 3. The van der Waals surface area contributed by atoms with Gasteiger partial charge in [-0.25, -0.2) is 9.88 Å². The Bertz CT molecular complexity index is 1690. The van der Waals surface area contributed by atoms with Crippen molar-refractivity contribution in [3.05, 3.63) is 108 Å². The van der Waals surface area contributed by atoms with Crippen LogP contribution in [0.1, 0.15) is 33.7 Å². The number of nitrogens with zero attached hydrogens (tertiary/aromatic N) is 3. The molecule has 0 N–H and O–H groups in total. The van der Waals surface area contributed by atoms with E-state index in [1.165, 1.54) is 21.6 Å². The third-order valence-electron chi connectivity index (χ3n) is 6.88. The highest BCUT2D eigenvalue weighted by Gasteiger charge is 2.45. The highest BCUT2D eigenvalue weighted by atomic mass is 32.1. The van der Waals surface area contributed by atoms with Gasteiger partial charge in [0, 0.05) is 12.1 Å². The molecule has 8 heteroatoms. The first-order chi connectivity index (χ1) is 18.9. The number of anilines is 1. The maximum atomic E-state index is 13.7. The molecule has 1 aliphatic heterocycles. The van der Waals surface area contributed by atoms with Crippen molar-refractivity contribution in [2.45, 2.75) is 32.9 Å². The third-order valence-corrected chi connectivity index (χ3v) is 7.95. The van der Waals surface area contributed by atoms with E-state index >= 15 is 0 Å². The molecule has 39 heavy (non-hydrogen) atoms. The van der Waals surface area contributed by atoms with E-state index in [1.807, 2.05) is 55.5 Å². The number of rotatable bonds is 6. The molecule has 1 unspecified atom stereocenters. The SMILES string of the molecule is Cc1ccc(CN(C(=O)c2ccco2)C2CC(=O)N(c3ccc(-c4nc5ccc(C)cc5s4)cc3)C2=O)cc1. The lowest BCUT2D eigenvalue weighted by Gasteiger charge is -2.27. The minimum absolute atomic E-state index is 0.101. The lowest BCUT2D eigenvalue weighted by Crippen LogP contribution is -2.45. The van der Waals surface area contributed by atoms with Crippen LogP contribution in [-0.2, 0) is 16.1 Å². The predicted octanol–water partition coefficient (Wildman–Crippen LogP) is 6.15. The first-order valence-corrected chi connectivity index (χ1v) is 13.4. The van der Waals surface area contributed by atoms with Crippen molar-refractivity contribution in [3.63, 3.8) is 0 Å². The minimum Gasteiger partial charge on any atom is -0.459 e. The maximum absolute atomic E-state index is 13.7. The quantitative estimate of drug-likeness (QED) is 0.244. The van der Waals surface area contributed by atoms with Gasteiger partial charge >= 0.3 is 0 Å². The minimum atomic E-state index is -0.941. The van der Waals surface area contributed by atoms with Crippen LogP contribution >= 0.6 is 11.3 Å². The van der Waals surface area contributed by atoms with E-state index in [0.717, 1.165) is 31.9 Å². The van der Waals surface area contributed by atoms with Gasteiger partial charge in [-0.05, 0) is 73.5 Å². The molecular weight excluding hydrogens is 510 g/mol. The standard InChI is InChI=1S/C31H25N3O4S/c1-19-5-8-21(9-6-19)18-33(31(37)26-4-3-15-38-26)25-17-28(35)34(30(25)36)23-12-10-22(11-13-23)29-32-24-14-7-20(2)16-27(24)39-29/h3-16,25H,17-18H2,1-2H3. The summed E-state index contributed by atoms with van der Waals surface area (Å²) < 4.78 is 6.45. The van der Waals surface area contributed by atoms with E-state index in [4.69, 9.17) is 9.40 Å². The fourth-order valence-electron chi connectivity index (χ4n) is 4.79. The first kappa shape index (κ1) is 24.8. The van der Waals surface area contributed by atoms with Gasteiger partial charge in [0.05, 0.1) is 28.6 Å². The number of hydrogen-bond donors (Lipinski definition) is 0. The van der Waals surface area contributed by atoms with Gasteiger partial charge in [0.25, 0.3) is 11.8 Å². The van der Waals surface area contributed by atoms with Crippen LogP contribution in [0, 0.1) is 13.8 Å². The van der Waals surface area contributed by atoms with Crippen LogP contribution in [0.25, 0.3) is 20.8 Å². The van der Waals surface area contributed by atoms with Gasteiger partial charge in [-0.3, -0.25) is 14.4 Å². The summed E-state index contributed by atoms with van der Waals surface area (Å²) in [4.78, 5) is 47.5. The number of furan rings is 1. The van der Waals surface area contributed by atoms with E-state index in [-0.39, 0.29) is 24.6 Å². The lowest BCUT2D eigenvalue weighted by atomic mass is 10.1. The number of carbonyl (C=O) groups is 3. The molecule has 0 spiro atoms. The Kier molecular flexibility index (Phi) is 6.32. The molecule has 7 nitrogen and oxygen atoms in total. The number of benzene rings is 3. The molecule has 5 aromatic rings. The van der Waals surface area contributed by atoms with E-state index < -0.39 is 17.9 Å². The van der Waals surface area contributed by atoms with Gasteiger partial charge in [-0.15, -0.1) is 11.3 Å². The zero-order valence-corrected chi connectivity index (χ0v) is 22.3. The molecule has 3 amide bonds. The second kappa shape index (κ2) is 9.96. The molecule has 0 radical (unpaired) electrons. The van der Waals surface area contributed by atoms with Crippen LogP contribution in [0.3, 0.4) is 0 Å². The van der Waals surface area contributed by atoms with Crippen LogP contribution in [0.4, 0.5) is 5.69 Å². The molecule has 6 rings (SSSR count). The van der Waals surface area contributed by atoms with Gasteiger partial charge in [-0.1, -0.05) is 35.9 Å². The van der Waals surface area contributed by atoms with Gasteiger partial charge < -0.3 is 9.32 Å². The van der Waals surface area contributed by atoms with Gasteiger partial charge in [0.1, 0.15) is 11.0 Å². The Hall–Kier alpha value is -4.56.